The molecule has 0 N–H and O–H groups in total. The van der Waals surface area contributed by atoms with Gasteiger partial charge in [0.1, 0.15) is 12.4 Å². The Kier molecular flexibility index (Phi) is 8.17. The van der Waals surface area contributed by atoms with Gasteiger partial charge in [-0.3, -0.25) is 14.5 Å². The van der Waals surface area contributed by atoms with Crippen molar-refractivity contribution in [1.29, 1.82) is 0 Å². The summed E-state index contributed by atoms with van der Waals surface area (Å²) >= 11 is 6.44. The highest BCUT2D eigenvalue weighted by molar-refractivity contribution is 6.34. The molecule has 0 bridgehead atoms. The summed E-state index contributed by atoms with van der Waals surface area (Å²) in [5.41, 5.74) is 2.24. The van der Waals surface area contributed by atoms with Gasteiger partial charge in [0.2, 0.25) is 5.91 Å². The highest BCUT2D eigenvalue weighted by atomic mass is 35.5. The molecule has 3 aliphatic rings. The predicted octanol–water partition coefficient (Wildman–Crippen LogP) is 4.12. The summed E-state index contributed by atoms with van der Waals surface area (Å²) in [6.45, 7) is 4.15. The van der Waals surface area contributed by atoms with Gasteiger partial charge in [0, 0.05) is 49.1 Å². The van der Waals surface area contributed by atoms with E-state index in [1.807, 2.05) is 18.2 Å². The van der Waals surface area contributed by atoms with Gasteiger partial charge in [0.05, 0.1) is 25.0 Å². The van der Waals surface area contributed by atoms with Crippen LogP contribution in [0.4, 0.5) is 4.39 Å². The summed E-state index contributed by atoms with van der Waals surface area (Å²) in [4.78, 5) is 31.0. The van der Waals surface area contributed by atoms with Crippen molar-refractivity contribution in [1.82, 2.24) is 14.8 Å². The number of morpholine rings is 1. The summed E-state index contributed by atoms with van der Waals surface area (Å²) in [7, 11) is 0. The van der Waals surface area contributed by atoms with Crippen molar-refractivity contribution < 1.29 is 18.7 Å². The number of hydrogen-bond donors (Lipinski definition) is 0. The summed E-state index contributed by atoms with van der Waals surface area (Å²) < 4.78 is 19.1. The Hall–Kier alpha value is -2.81. The van der Waals surface area contributed by atoms with Crippen molar-refractivity contribution >= 4 is 29.1 Å². The molecule has 2 heterocycles. The SMILES string of the molecule is O=C(C1CCC1)N(CCN1CCOCC1)CC(=O)N1N=C(c2ccccc2Cl)C[C@H]1c1ccc(F)cc1. The first-order chi connectivity index (χ1) is 18.0. The van der Waals surface area contributed by atoms with E-state index in [9.17, 15) is 14.0 Å². The first-order valence-corrected chi connectivity index (χ1v) is 13.4. The molecule has 37 heavy (non-hydrogen) atoms. The van der Waals surface area contributed by atoms with Crippen LogP contribution in [0.3, 0.4) is 0 Å². The summed E-state index contributed by atoms with van der Waals surface area (Å²) in [6, 6.07) is 13.1. The van der Waals surface area contributed by atoms with E-state index in [0.717, 1.165) is 43.5 Å². The normalized spacial score (nSPS) is 20.4. The molecule has 2 fully saturated rings. The predicted molar refractivity (Wildman–Crippen MR) is 140 cm³/mol. The summed E-state index contributed by atoms with van der Waals surface area (Å²) in [5.74, 6) is -0.565. The van der Waals surface area contributed by atoms with Gasteiger partial charge in [-0.25, -0.2) is 9.40 Å². The number of carbonyl (C=O) groups excluding carboxylic acids is 2. The fourth-order valence-corrected chi connectivity index (χ4v) is 5.29. The van der Waals surface area contributed by atoms with Gasteiger partial charge in [-0.15, -0.1) is 0 Å². The Bertz CT molecular complexity index is 1150. The zero-order chi connectivity index (χ0) is 25.8. The molecular weight excluding hydrogens is 495 g/mol. The number of benzene rings is 2. The van der Waals surface area contributed by atoms with Crippen molar-refractivity contribution in [2.45, 2.75) is 31.7 Å². The number of halogens is 2. The third-order valence-corrected chi connectivity index (χ3v) is 7.82. The second-order valence-electron chi connectivity index (χ2n) is 9.88. The van der Waals surface area contributed by atoms with E-state index < -0.39 is 6.04 Å². The number of hydrogen-bond acceptors (Lipinski definition) is 5. The van der Waals surface area contributed by atoms with Crippen LogP contribution in [-0.4, -0.2) is 78.3 Å². The lowest BCUT2D eigenvalue weighted by Crippen LogP contribution is -2.49. The third kappa shape index (κ3) is 6.03. The van der Waals surface area contributed by atoms with E-state index in [0.29, 0.717) is 43.5 Å². The Morgan fingerprint density at radius 2 is 1.81 bits per heavy atom. The highest BCUT2D eigenvalue weighted by Gasteiger charge is 2.36. The molecule has 196 valence electrons. The number of rotatable bonds is 8. The number of ether oxygens (including phenoxy) is 1. The average molecular weight is 527 g/mol. The molecule has 0 radical (unpaired) electrons. The molecule has 2 amide bonds. The van der Waals surface area contributed by atoms with Crippen molar-refractivity contribution in [3.63, 3.8) is 0 Å². The van der Waals surface area contributed by atoms with Gasteiger partial charge in [-0.1, -0.05) is 48.4 Å². The maximum absolute atomic E-state index is 13.7. The van der Waals surface area contributed by atoms with Gasteiger partial charge in [-0.05, 0) is 36.6 Å². The molecule has 7 nitrogen and oxygen atoms in total. The molecule has 1 saturated carbocycles. The first-order valence-electron chi connectivity index (χ1n) is 13.0. The molecule has 9 heteroatoms. The highest BCUT2D eigenvalue weighted by Crippen LogP contribution is 2.35. The van der Waals surface area contributed by atoms with Crippen LogP contribution in [0, 0.1) is 11.7 Å². The van der Waals surface area contributed by atoms with Gasteiger partial charge in [0.25, 0.3) is 5.91 Å². The standard InChI is InChI=1S/C28H32ClFN4O3/c29-24-7-2-1-6-23(24)25-18-26(20-8-10-22(30)11-9-20)34(31-25)27(35)19-33(28(36)21-4-3-5-21)13-12-32-14-16-37-17-15-32/h1-2,6-11,21,26H,3-5,12-19H2/t26-/m0/s1. The van der Waals surface area contributed by atoms with Crippen molar-refractivity contribution in [2.75, 3.05) is 45.9 Å². The van der Waals surface area contributed by atoms with Crippen LogP contribution < -0.4 is 0 Å². The fraction of sp³-hybridized carbons (Fsp3) is 0.464. The minimum absolute atomic E-state index is 0.00819. The van der Waals surface area contributed by atoms with Crippen molar-refractivity contribution in [2.24, 2.45) is 11.0 Å². The molecule has 2 aromatic carbocycles. The molecule has 0 spiro atoms. The molecule has 1 saturated heterocycles. The number of nitrogens with zero attached hydrogens (tertiary/aromatic N) is 4. The molecule has 0 unspecified atom stereocenters. The molecule has 2 aliphatic heterocycles. The van der Waals surface area contributed by atoms with Gasteiger partial charge in [0.15, 0.2) is 0 Å². The second-order valence-corrected chi connectivity index (χ2v) is 10.3. The van der Waals surface area contributed by atoms with E-state index in [2.05, 4.69) is 4.90 Å². The van der Waals surface area contributed by atoms with Crippen LogP contribution in [0.5, 0.6) is 0 Å². The Labute approximate surface area is 221 Å². The fourth-order valence-electron chi connectivity index (χ4n) is 5.05. The number of hydrazone groups is 1. The first kappa shape index (κ1) is 25.8. The number of amides is 2. The zero-order valence-electron chi connectivity index (χ0n) is 20.8. The monoisotopic (exact) mass is 526 g/mol. The minimum Gasteiger partial charge on any atom is -0.379 e. The van der Waals surface area contributed by atoms with E-state index >= 15 is 0 Å². The lowest BCUT2D eigenvalue weighted by molar-refractivity contribution is -0.145. The molecular formula is C28H32ClFN4O3. The van der Waals surface area contributed by atoms with Crippen LogP contribution in [-0.2, 0) is 14.3 Å². The third-order valence-electron chi connectivity index (χ3n) is 7.49. The van der Waals surface area contributed by atoms with Crippen molar-refractivity contribution in [3.8, 4) is 0 Å². The van der Waals surface area contributed by atoms with Crippen LogP contribution in [0.25, 0.3) is 0 Å². The van der Waals surface area contributed by atoms with Gasteiger partial charge < -0.3 is 9.64 Å². The molecule has 1 atom stereocenters. The smallest absolute Gasteiger partial charge is 0.262 e. The Morgan fingerprint density at radius 1 is 1.08 bits per heavy atom. The Morgan fingerprint density at radius 3 is 2.49 bits per heavy atom. The Balaban J connectivity index is 1.37. The topological polar surface area (TPSA) is 65.5 Å². The lowest BCUT2D eigenvalue weighted by Gasteiger charge is -2.34. The van der Waals surface area contributed by atoms with Crippen LogP contribution in [0.1, 0.15) is 42.9 Å². The van der Waals surface area contributed by atoms with E-state index in [1.54, 1.807) is 23.1 Å². The van der Waals surface area contributed by atoms with Crippen LogP contribution in [0.15, 0.2) is 53.6 Å². The summed E-state index contributed by atoms with van der Waals surface area (Å²) in [5, 5.41) is 6.71. The molecule has 1 aliphatic carbocycles. The maximum atomic E-state index is 13.7. The van der Waals surface area contributed by atoms with Crippen LogP contribution in [0.2, 0.25) is 5.02 Å². The average Bonchev–Trinajstić information content (AvgIpc) is 3.32. The molecule has 0 aromatic heterocycles. The minimum atomic E-state index is -0.403. The van der Waals surface area contributed by atoms with Gasteiger partial charge in [-0.2, -0.15) is 5.10 Å². The quantitative estimate of drug-likeness (QED) is 0.519. The zero-order valence-corrected chi connectivity index (χ0v) is 21.6. The van der Waals surface area contributed by atoms with Gasteiger partial charge >= 0.3 is 0 Å². The molecule has 2 aromatic rings. The van der Waals surface area contributed by atoms with E-state index in [1.165, 1.54) is 17.1 Å². The summed E-state index contributed by atoms with van der Waals surface area (Å²) in [6.07, 6.45) is 3.24. The maximum Gasteiger partial charge on any atom is 0.262 e. The van der Waals surface area contributed by atoms with E-state index in [4.69, 9.17) is 21.4 Å². The molecule has 5 rings (SSSR count). The lowest BCUT2D eigenvalue weighted by atomic mass is 9.84. The second kappa shape index (κ2) is 11.7. The van der Waals surface area contributed by atoms with Crippen molar-refractivity contribution in [3.05, 3.63) is 70.5 Å². The number of carbonyl (C=O) groups is 2. The van der Waals surface area contributed by atoms with E-state index in [-0.39, 0.29) is 30.1 Å². The van der Waals surface area contributed by atoms with Crippen LogP contribution >= 0.6 is 11.6 Å². The largest absolute Gasteiger partial charge is 0.379 e.